The third-order valence-electron chi connectivity index (χ3n) is 5.12. The molecule has 166 valence electrons. The fourth-order valence-corrected chi connectivity index (χ4v) is 3.69. The normalized spacial score (nSPS) is 18.2. The van der Waals surface area contributed by atoms with Crippen LogP contribution in [0.25, 0.3) is 5.52 Å². The summed E-state index contributed by atoms with van der Waals surface area (Å²) in [5, 5.41) is 21.7. The molecule has 1 aliphatic rings. The number of carbonyl (C=O) groups is 1. The van der Waals surface area contributed by atoms with Gasteiger partial charge in [0, 0.05) is 12.6 Å². The molecular formula is C18H11ClF5N7O. The predicted octanol–water partition coefficient (Wildman–Crippen LogP) is 4.46. The van der Waals surface area contributed by atoms with Gasteiger partial charge in [-0.2, -0.15) is 23.5 Å². The fourth-order valence-electron chi connectivity index (χ4n) is 3.50. The SMILES string of the molecule is C[C@@]1(C(F)(F)F)CN(C(=O)Nc2cc(C(F)F)nnc2C#N)c2ccc3cc(Cl)nn3c21. The van der Waals surface area contributed by atoms with Crippen LogP contribution in [-0.2, 0) is 5.41 Å². The quantitative estimate of drug-likeness (QED) is 0.556. The number of nitriles is 1. The highest BCUT2D eigenvalue weighted by atomic mass is 35.5. The van der Waals surface area contributed by atoms with Crippen LogP contribution in [0, 0.1) is 11.3 Å². The second kappa shape index (κ2) is 7.27. The van der Waals surface area contributed by atoms with Gasteiger partial charge in [-0.15, -0.1) is 10.2 Å². The number of fused-ring (bicyclic) bond motifs is 3. The molecule has 8 nitrogen and oxygen atoms in total. The van der Waals surface area contributed by atoms with Crippen LogP contribution in [0.1, 0.15) is 30.4 Å². The maximum atomic E-state index is 14.1. The van der Waals surface area contributed by atoms with Crippen molar-refractivity contribution in [3.63, 3.8) is 0 Å². The van der Waals surface area contributed by atoms with E-state index in [4.69, 9.17) is 16.9 Å². The van der Waals surface area contributed by atoms with Crippen molar-refractivity contribution in [2.45, 2.75) is 24.9 Å². The van der Waals surface area contributed by atoms with E-state index in [2.05, 4.69) is 20.6 Å². The van der Waals surface area contributed by atoms with Crippen LogP contribution in [0.3, 0.4) is 0 Å². The average Bonchev–Trinajstić information content (AvgIpc) is 3.24. The summed E-state index contributed by atoms with van der Waals surface area (Å²) in [5.74, 6) is 0. The second-order valence-electron chi connectivity index (χ2n) is 7.16. The van der Waals surface area contributed by atoms with Gasteiger partial charge in [0.2, 0.25) is 0 Å². The van der Waals surface area contributed by atoms with Gasteiger partial charge >= 0.3 is 12.2 Å². The third-order valence-corrected chi connectivity index (χ3v) is 5.30. The van der Waals surface area contributed by atoms with E-state index in [1.165, 1.54) is 18.2 Å². The molecule has 1 aliphatic heterocycles. The third kappa shape index (κ3) is 3.27. The first-order valence-electron chi connectivity index (χ1n) is 8.86. The molecule has 0 saturated heterocycles. The second-order valence-corrected chi connectivity index (χ2v) is 7.55. The van der Waals surface area contributed by atoms with Crippen LogP contribution in [0.4, 0.5) is 38.1 Å². The lowest BCUT2D eigenvalue weighted by Gasteiger charge is -2.28. The van der Waals surface area contributed by atoms with Gasteiger partial charge in [-0.25, -0.2) is 18.1 Å². The standard InChI is InChI=1S/C18H11ClF5N7O/c1-17(18(22,23)24)7-30(12-3-2-8-4-13(19)29-31(8)14(12)17)16(32)26-9-5-10(15(20)21)27-28-11(9)6-25/h2-5,15H,7H2,1H3,(H,26,27,32)/t17-/m1/s1. The Morgan fingerprint density at radius 2 is 2.03 bits per heavy atom. The topological polar surface area (TPSA) is 99.2 Å². The van der Waals surface area contributed by atoms with Crippen molar-refractivity contribution in [3.8, 4) is 6.07 Å². The Labute approximate surface area is 181 Å². The van der Waals surface area contributed by atoms with Crippen LogP contribution >= 0.6 is 11.6 Å². The Morgan fingerprint density at radius 3 is 2.66 bits per heavy atom. The van der Waals surface area contributed by atoms with Crippen LogP contribution < -0.4 is 10.2 Å². The number of urea groups is 1. The molecule has 0 spiro atoms. The maximum absolute atomic E-state index is 14.1. The molecule has 0 unspecified atom stereocenters. The molecule has 0 bridgehead atoms. The van der Waals surface area contributed by atoms with Gasteiger partial charge < -0.3 is 5.32 Å². The Morgan fingerprint density at radius 1 is 1.31 bits per heavy atom. The van der Waals surface area contributed by atoms with E-state index in [0.717, 1.165) is 22.4 Å². The minimum absolute atomic E-state index is 0.0353. The molecule has 0 saturated carbocycles. The van der Waals surface area contributed by atoms with Gasteiger partial charge in [0.15, 0.2) is 10.8 Å². The van der Waals surface area contributed by atoms with E-state index in [-0.39, 0.29) is 22.1 Å². The summed E-state index contributed by atoms with van der Waals surface area (Å²) in [6.07, 6.45) is -7.81. The van der Waals surface area contributed by atoms with E-state index in [0.29, 0.717) is 0 Å². The number of carbonyl (C=O) groups excluding carboxylic acids is 1. The number of aromatic nitrogens is 4. The van der Waals surface area contributed by atoms with Gasteiger partial charge in [-0.1, -0.05) is 11.6 Å². The first-order chi connectivity index (χ1) is 15.0. The Kier molecular flexibility index (Phi) is 4.93. The molecule has 1 atom stereocenters. The Balaban J connectivity index is 1.80. The van der Waals surface area contributed by atoms with Crippen LogP contribution in [0.5, 0.6) is 0 Å². The van der Waals surface area contributed by atoms with Gasteiger partial charge in [0.05, 0.1) is 22.6 Å². The first kappa shape index (κ1) is 21.7. The first-order valence-corrected chi connectivity index (χ1v) is 9.24. The van der Waals surface area contributed by atoms with E-state index in [1.807, 2.05) is 0 Å². The molecule has 0 aliphatic carbocycles. The summed E-state index contributed by atoms with van der Waals surface area (Å²) >= 11 is 5.86. The molecule has 1 N–H and O–H groups in total. The van der Waals surface area contributed by atoms with Crippen molar-refractivity contribution >= 4 is 34.5 Å². The van der Waals surface area contributed by atoms with E-state index < -0.39 is 47.7 Å². The monoisotopic (exact) mass is 471 g/mol. The lowest BCUT2D eigenvalue weighted by Crippen LogP contribution is -2.46. The molecule has 14 heteroatoms. The van der Waals surface area contributed by atoms with Crippen LogP contribution in [0.15, 0.2) is 24.3 Å². The molecule has 32 heavy (non-hydrogen) atoms. The fraction of sp³-hybridized carbons (Fsp3) is 0.278. The summed E-state index contributed by atoms with van der Waals surface area (Å²) in [4.78, 5) is 13.7. The van der Waals surface area contributed by atoms with Gasteiger partial charge in [-0.05, 0) is 25.1 Å². The number of alkyl halides is 5. The Hall–Kier alpha value is -3.53. The van der Waals surface area contributed by atoms with E-state index in [9.17, 15) is 26.7 Å². The van der Waals surface area contributed by atoms with Crippen molar-refractivity contribution in [2.75, 3.05) is 16.8 Å². The molecule has 0 fully saturated rings. The molecular weight excluding hydrogens is 461 g/mol. The highest BCUT2D eigenvalue weighted by molar-refractivity contribution is 6.29. The summed E-state index contributed by atoms with van der Waals surface area (Å²) in [7, 11) is 0. The maximum Gasteiger partial charge on any atom is 0.401 e. The number of nitrogens with zero attached hydrogens (tertiary/aromatic N) is 6. The van der Waals surface area contributed by atoms with Crippen LogP contribution in [-0.4, -0.2) is 38.6 Å². The van der Waals surface area contributed by atoms with Gasteiger partial charge in [-0.3, -0.25) is 4.90 Å². The summed E-state index contributed by atoms with van der Waals surface area (Å²) in [6.45, 7) is 0.0914. The lowest BCUT2D eigenvalue weighted by atomic mass is 9.87. The number of pyridine rings is 1. The zero-order chi connectivity index (χ0) is 23.4. The van der Waals surface area contributed by atoms with Crippen LogP contribution in [0.2, 0.25) is 5.15 Å². The largest absolute Gasteiger partial charge is 0.401 e. The van der Waals surface area contributed by atoms with Crippen molar-refractivity contribution in [1.29, 1.82) is 5.26 Å². The average molecular weight is 472 g/mol. The number of halogens is 6. The van der Waals surface area contributed by atoms with Gasteiger partial charge in [0.1, 0.15) is 17.2 Å². The molecule has 4 heterocycles. The minimum Gasteiger partial charge on any atom is -0.305 e. The van der Waals surface area contributed by atoms with E-state index >= 15 is 0 Å². The van der Waals surface area contributed by atoms with Gasteiger partial charge in [0.25, 0.3) is 6.43 Å². The number of hydrogen-bond acceptors (Lipinski definition) is 5. The number of rotatable bonds is 2. The smallest absolute Gasteiger partial charge is 0.305 e. The molecule has 2 amide bonds. The van der Waals surface area contributed by atoms with Crippen molar-refractivity contribution in [1.82, 2.24) is 19.8 Å². The van der Waals surface area contributed by atoms with Crippen molar-refractivity contribution < 1.29 is 26.7 Å². The zero-order valence-electron chi connectivity index (χ0n) is 16.0. The lowest BCUT2D eigenvalue weighted by molar-refractivity contribution is -0.181. The zero-order valence-corrected chi connectivity index (χ0v) is 16.7. The number of hydrogen-bond donors (Lipinski definition) is 1. The summed E-state index contributed by atoms with van der Waals surface area (Å²) < 4.78 is 69.2. The summed E-state index contributed by atoms with van der Waals surface area (Å²) in [6, 6.07) is 5.35. The number of nitrogens with one attached hydrogen (secondary N) is 1. The molecule has 0 aromatic carbocycles. The summed E-state index contributed by atoms with van der Waals surface area (Å²) in [5.41, 5.74) is -4.34. The molecule has 4 rings (SSSR count). The Bertz CT molecular complexity index is 1290. The van der Waals surface area contributed by atoms with Crippen molar-refractivity contribution in [3.05, 3.63) is 46.5 Å². The molecule has 3 aromatic rings. The van der Waals surface area contributed by atoms with E-state index in [1.54, 1.807) is 6.07 Å². The minimum atomic E-state index is -4.78. The number of anilines is 2. The number of amides is 2. The molecule has 3 aromatic heterocycles. The highest BCUT2D eigenvalue weighted by Gasteiger charge is 2.60. The highest BCUT2D eigenvalue weighted by Crippen LogP contribution is 2.50. The van der Waals surface area contributed by atoms with Crippen molar-refractivity contribution in [2.24, 2.45) is 0 Å². The molecule has 0 radical (unpaired) electrons. The predicted molar refractivity (Wildman–Crippen MR) is 102 cm³/mol.